The average Bonchev–Trinajstić information content (AvgIpc) is 2.93. The lowest BCUT2D eigenvalue weighted by atomic mass is 9.93. The third-order valence-electron chi connectivity index (χ3n) is 5.74. The van der Waals surface area contributed by atoms with Crippen molar-refractivity contribution in [1.29, 1.82) is 10.5 Å². The van der Waals surface area contributed by atoms with Gasteiger partial charge in [-0.05, 0) is 6.07 Å². The van der Waals surface area contributed by atoms with Crippen LogP contribution in [-0.4, -0.2) is 46.3 Å². The molecule has 0 aromatic heterocycles. The number of methoxy groups -OCH3 is 3. The molecule has 0 bridgehead atoms. The summed E-state index contributed by atoms with van der Waals surface area (Å²) in [5.74, 6) is -0.730. The molecule has 3 N–H and O–H groups in total. The maximum atomic E-state index is 10.2. The van der Waals surface area contributed by atoms with Crippen LogP contribution in [0.4, 0.5) is 0 Å². The van der Waals surface area contributed by atoms with Gasteiger partial charge >= 0.3 is 5.91 Å². The molecule has 2 fully saturated rings. The molecule has 1 aromatic rings. The lowest BCUT2D eigenvalue weighted by Crippen LogP contribution is -2.89. The van der Waals surface area contributed by atoms with Gasteiger partial charge < -0.3 is 23.7 Å². The number of hydrogen-bond donors (Lipinski definition) is 2. The number of nitrogens with two attached hydrogens (primary N) is 1. The van der Waals surface area contributed by atoms with E-state index in [4.69, 9.17) is 29.4 Å². The zero-order valence-electron chi connectivity index (χ0n) is 15.2. The number of rotatable bonds is 4. The van der Waals surface area contributed by atoms with Gasteiger partial charge in [-0.25, -0.2) is 4.99 Å². The van der Waals surface area contributed by atoms with E-state index in [9.17, 15) is 10.5 Å². The largest absolute Gasteiger partial charge is 0.493 e. The first kappa shape index (κ1) is 17.4. The standard InChI is InChI=1S/C18H18N4O5/c1-23-11-5-4-10(12(24-2)13(11)25-3)14-16(8-19)15(21)22-18(17(14,16)9-20)26-6-7-27-18/h4-5,14H,6-7H2,1-3H3,(H2,21,22)/p+1/t14-,16+,17+/m0/s1. The fraction of sp³-hybridized carbons (Fsp3) is 0.500. The molecule has 9 nitrogen and oxygen atoms in total. The summed E-state index contributed by atoms with van der Waals surface area (Å²) in [5, 5.41) is 20.2. The van der Waals surface area contributed by atoms with Crippen molar-refractivity contribution in [3.05, 3.63) is 17.7 Å². The lowest BCUT2D eigenvalue weighted by Gasteiger charge is -2.24. The Hall–Kier alpha value is -3.01. The Balaban J connectivity index is 1.96. The minimum Gasteiger partial charge on any atom is -0.493 e. The van der Waals surface area contributed by atoms with Gasteiger partial charge in [0.05, 0.1) is 52.6 Å². The van der Waals surface area contributed by atoms with E-state index in [0.717, 1.165) is 0 Å². The third-order valence-corrected chi connectivity index (χ3v) is 5.74. The number of ether oxygens (including phenoxy) is 5. The number of fused-ring (bicyclic) bond motifs is 2. The monoisotopic (exact) mass is 371 g/mol. The van der Waals surface area contributed by atoms with Gasteiger partial charge in [-0.1, -0.05) is 6.07 Å². The summed E-state index contributed by atoms with van der Waals surface area (Å²) in [6.45, 7) is 0.585. The second kappa shape index (κ2) is 5.49. The molecule has 2 heterocycles. The Morgan fingerprint density at radius 1 is 1.07 bits per heavy atom. The van der Waals surface area contributed by atoms with E-state index in [-0.39, 0.29) is 5.84 Å². The van der Waals surface area contributed by atoms with Gasteiger partial charge in [-0.15, -0.1) is 0 Å². The van der Waals surface area contributed by atoms with Gasteiger partial charge in [-0.2, -0.15) is 10.5 Å². The van der Waals surface area contributed by atoms with Crippen molar-refractivity contribution in [1.82, 2.24) is 0 Å². The topological polar surface area (TPSA) is 134 Å². The summed E-state index contributed by atoms with van der Waals surface area (Å²) < 4.78 is 27.9. The van der Waals surface area contributed by atoms with Gasteiger partial charge in [0.1, 0.15) is 0 Å². The fourth-order valence-corrected chi connectivity index (χ4v) is 4.64. The predicted molar refractivity (Wildman–Crippen MR) is 89.7 cm³/mol. The Morgan fingerprint density at radius 2 is 1.74 bits per heavy atom. The maximum absolute atomic E-state index is 10.2. The van der Waals surface area contributed by atoms with E-state index in [1.54, 1.807) is 12.1 Å². The molecule has 4 rings (SSSR count). The molecule has 9 heteroatoms. The number of benzene rings is 1. The van der Waals surface area contributed by atoms with Crippen LogP contribution in [0, 0.1) is 33.5 Å². The Morgan fingerprint density at radius 3 is 2.26 bits per heavy atom. The first-order valence-electron chi connectivity index (χ1n) is 8.34. The van der Waals surface area contributed by atoms with Crippen molar-refractivity contribution < 1.29 is 28.7 Å². The van der Waals surface area contributed by atoms with Crippen LogP contribution < -0.4 is 24.9 Å². The highest BCUT2D eigenvalue weighted by Crippen LogP contribution is 2.80. The van der Waals surface area contributed by atoms with Crippen LogP contribution >= 0.6 is 0 Å². The van der Waals surface area contributed by atoms with Crippen molar-refractivity contribution in [3.63, 3.8) is 0 Å². The maximum Gasteiger partial charge on any atom is 0.343 e. The summed E-state index contributed by atoms with van der Waals surface area (Å²) in [6.07, 6.45) is 0. The van der Waals surface area contributed by atoms with Gasteiger partial charge in [-0.3, -0.25) is 5.73 Å². The molecule has 0 amide bonds. The normalized spacial score (nSPS) is 32.2. The number of nitrogens with zero attached hydrogens (tertiary/aromatic N) is 2. The van der Waals surface area contributed by atoms with Gasteiger partial charge in [0.2, 0.25) is 5.75 Å². The lowest BCUT2D eigenvalue weighted by molar-refractivity contribution is -0.676. The van der Waals surface area contributed by atoms with E-state index in [1.807, 2.05) is 0 Å². The van der Waals surface area contributed by atoms with Crippen molar-refractivity contribution in [3.8, 4) is 29.4 Å². The predicted octanol–water partition coefficient (Wildman–Crippen LogP) is -1.02. The molecule has 1 saturated carbocycles. The van der Waals surface area contributed by atoms with Crippen molar-refractivity contribution >= 4 is 5.84 Å². The Labute approximate surface area is 155 Å². The second-order valence-corrected chi connectivity index (χ2v) is 6.55. The van der Waals surface area contributed by atoms with E-state index in [0.29, 0.717) is 36.0 Å². The second-order valence-electron chi connectivity index (χ2n) is 6.55. The highest BCUT2D eigenvalue weighted by Gasteiger charge is 2.98. The summed E-state index contributed by atoms with van der Waals surface area (Å²) in [6, 6.07) is 7.96. The van der Waals surface area contributed by atoms with Crippen molar-refractivity contribution in [2.75, 3.05) is 34.5 Å². The van der Waals surface area contributed by atoms with Crippen LogP contribution in [0.3, 0.4) is 0 Å². The van der Waals surface area contributed by atoms with Gasteiger partial charge in [0, 0.05) is 5.56 Å². The minimum atomic E-state index is -1.47. The molecule has 27 heavy (non-hydrogen) atoms. The summed E-state index contributed by atoms with van der Waals surface area (Å²) in [7, 11) is 4.49. The van der Waals surface area contributed by atoms with Crippen molar-refractivity contribution in [2.45, 2.75) is 11.8 Å². The van der Waals surface area contributed by atoms with Crippen LogP contribution in [0.25, 0.3) is 0 Å². The molecule has 1 aliphatic carbocycles. The van der Waals surface area contributed by atoms with Crippen LogP contribution in [0.15, 0.2) is 12.1 Å². The number of amidine groups is 1. The Bertz CT molecular complexity index is 927. The highest BCUT2D eigenvalue weighted by molar-refractivity contribution is 5.95. The molecule has 1 saturated heterocycles. The van der Waals surface area contributed by atoms with Crippen molar-refractivity contribution in [2.24, 2.45) is 16.6 Å². The summed E-state index contributed by atoms with van der Waals surface area (Å²) in [5.41, 5.74) is 4.12. The first-order chi connectivity index (χ1) is 13.0. The molecule has 3 aliphatic rings. The summed E-state index contributed by atoms with van der Waals surface area (Å²) in [4.78, 5) is 2.91. The molecule has 2 aliphatic heterocycles. The zero-order valence-corrected chi connectivity index (χ0v) is 15.2. The summed E-state index contributed by atoms with van der Waals surface area (Å²) >= 11 is 0. The van der Waals surface area contributed by atoms with Crippen LogP contribution in [0.2, 0.25) is 0 Å². The smallest absolute Gasteiger partial charge is 0.343 e. The molecular weight excluding hydrogens is 352 g/mol. The van der Waals surface area contributed by atoms with Crippen LogP contribution in [0.1, 0.15) is 11.5 Å². The van der Waals surface area contributed by atoms with E-state index in [1.165, 1.54) is 21.3 Å². The zero-order chi connectivity index (χ0) is 19.4. The molecule has 140 valence electrons. The average molecular weight is 371 g/mol. The Kier molecular flexibility index (Phi) is 3.54. The fourth-order valence-electron chi connectivity index (χ4n) is 4.64. The third kappa shape index (κ3) is 1.67. The van der Waals surface area contributed by atoms with Gasteiger partial charge in [0.25, 0.3) is 5.84 Å². The molecule has 1 aromatic carbocycles. The van der Waals surface area contributed by atoms with E-state index < -0.39 is 22.7 Å². The minimum absolute atomic E-state index is 0.148. The molecule has 0 radical (unpaired) electrons. The highest BCUT2D eigenvalue weighted by atomic mass is 16.8. The first-order valence-corrected chi connectivity index (χ1v) is 8.34. The molecule has 0 unspecified atom stereocenters. The van der Waals surface area contributed by atoms with E-state index >= 15 is 0 Å². The van der Waals surface area contributed by atoms with Crippen LogP contribution in [0.5, 0.6) is 17.2 Å². The number of nitrogens with one attached hydrogen (secondary N) is 1. The quantitative estimate of drug-likeness (QED) is 0.687. The molecule has 1 spiro atoms. The number of nitriles is 2. The molecular formula is C18H19N4O5+. The SMILES string of the molecule is COc1ccc([C@H]2[C@]3(C#N)C(N)=[NH+]C4(OCCO4)[C@]23C#N)c(OC)c1OC. The number of hydrogen-bond acceptors (Lipinski definition) is 8. The van der Waals surface area contributed by atoms with Crippen LogP contribution in [-0.2, 0) is 9.47 Å². The van der Waals surface area contributed by atoms with E-state index in [2.05, 4.69) is 17.1 Å². The van der Waals surface area contributed by atoms with Gasteiger partial charge in [0.15, 0.2) is 22.3 Å². The molecule has 3 atom stereocenters.